The quantitative estimate of drug-likeness (QED) is 0.483. The largest absolute Gasteiger partial charge is 0.286 e. The minimum absolute atomic E-state index is 0.321. The second kappa shape index (κ2) is 7.66. The summed E-state index contributed by atoms with van der Waals surface area (Å²) in [5.74, 6) is 0. The Morgan fingerprint density at radius 3 is 0.857 bits per heavy atom. The van der Waals surface area contributed by atoms with Crippen LogP contribution in [-0.4, -0.2) is 105 Å². The number of hydrogen-bond acceptors (Lipinski definition) is 2. The molecule has 0 aliphatic rings. The fourth-order valence-corrected chi connectivity index (χ4v) is 7.08. The second-order valence-electron chi connectivity index (χ2n) is 5.87. The predicted molar refractivity (Wildman–Crippen MR) is 90.4 cm³/mol. The molecule has 0 aliphatic heterocycles. The van der Waals surface area contributed by atoms with Crippen molar-refractivity contribution in [2.75, 3.05) is 77.1 Å². The maximum absolute atomic E-state index is 13.1. The van der Waals surface area contributed by atoms with Gasteiger partial charge in [0, 0.05) is 0 Å². The van der Waals surface area contributed by atoms with Crippen LogP contribution in [0.4, 0.5) is 0 Å². The number of rotatable bonds is 8. The van der Waals surface area contributed by atoms with E-state index >= 15 is 0 Å². The third-order valence-corrected chi connectivity index (χ3v) is 9.58. The van der Waals surface area contributed by atoms with Gasteiger partial charge in [0.15, 0.2) is 0 Å². The van der Waals surface area contributed by atoms with Gasteiger partial charge in [0.1, 0.15) is 0 Å². The zero-order chi connectivity index (χ0) is 17.2. The highest BCUT2D eigenvalue weighted by atomic mass is 31.2. The molecule has 128 valence electrons. The minimum atomic E-state index is -2.84. The van der Waals surface area contributed by atoms with E-state index in [0.717, 1.165) is 0 Å². The summed E-state index contributed by atoms with van der Waals surface area (Å²) >= 11 is 0. The van der Waals surface area contributed by atoms with E-state index in [1.807, 2.05) is 0 Å². The van der Waals surface area contributed by atoms with Crippen molar-refractivity contribution in [1.29, 1.82) is 0 Å². The Bertz CT molecular complexity index is 365. The van der Waals surface area contributed by atoms with Crippen LogP contribution in [0.2, 0.25) is 0 Å². The van der Waals surface area contributed by atoms with Crippen LogP contribution in [0, 0.1) is 0 Å². The van der Waals surface area contributed by atoms with E-state index in [0.29, 0.717) is 6.67 Å². The zero-order valence-corrected chi connectivity index (χ0v) is 16.9. The molecule has 0 aromatic rings. The fourth-order valence-electron chi connectivity index (χ4n) is 2.40. The normalized spacial score (nSPS) is 14.5. The smallest absolute Gasteiger partial charge is 0.270 e. The van der Waals surface area contributed by atoms with Crippen molar-refractivity contribution >= 4 is 15.2 Å². The zero-order valence-electron chi connectivity index (χ0n) is 15.1. The van der Waals surface area contributed by atoms with Crippen molar-refractivity contribution in [2.24, 2.45) is 0 Å². The van der Waals surface area contributed by atoms with Crippen LogP contribution >= 0.6 is 15.2 Å². The Hall–Kier alpha value is 0.220. The lowest BCUT2D eigenvalue weighted by atomic mass is 11.0. The van der Waals surface area contributed by atoms with E-state index in [1.165, 1.54) is 0 Å². The van der Waals surface area contributed by atoms with Gasteiger partial charge in [0.25, 0.3) is 15.2 Å². The average Bonchev–Trinajstić information content (AvgIpc) is 2.34. The molecule has 0 aliphatic carbocycles. The molecule has 0 atom stereocenters. The van der Waals surface area contributed by atoms with Crippen molar-refractivity contribution in [3.63, 3.8) is 0 Å². The Balaban J connectivity index is 5.38. The molecule has 0 aromatic heterocycles. The SMILES string of the molecule is CN(C)P(=O)(N(C)C)N(C)CN(C)P(=O)(N(C)C)N(C)C. The van der Waals surface area contributed by atoms with E-state index in [9.17, 15) is 9.13 Å². The molecule has 0 rings (SSSR count). The summed E-state index contributed by atoms with van der Waals surface area (Å²) < 4.78 is 36.6. The van der Waals surface area contributed by atoms with Crippen molar-refractivity contribution in [3.8, 4) is 0 Å². The molecule has 0 bridgehead atoms. The molecule has 0 amide bonds. The van der Waals surface area contributed by atoms with E-state index in [4.69, 9.17) is 0 Å². The highest BCUT2D eigenvalue weighted by Gasteiger charge is 2.39. The molecule has 8 nitrogen and oxygen atoms in total. The molecule has 0 spiro atoms. The number of hydrogen-bond donors (Lipinski definition) is 0. The van der Waals surface area contributed by atoms with Gasteiger partial charge in [-0.05, 0) is 70.5 Å². The molecule has 0 radical (unpaired) electrons. The van der Waals surface area contributed by atoms with Crippen LogP contribution in [0.15, 0.2) is 0 Å². The Labute approximate surface area is 130 Å². The monoisotopic (exact) mass is 342 g/mol. The second-order valence-corrected chi connectivity index (χ2v) is 12.5. The average molecular weight is 342 g/mol. The number of nitrogens with zero attached hydrogens (tertiary/aromatic N) is 6. The summed E-state index contributed by atoms with van der Waals surface area (Å²) in [6, 6.07) is 0. The Kier molecular flexibility index (Phi) is 7.74. The molecule has 10 heteroatoms. The highest BCUT2D eigenvalue weighted by molar-refractivity contribution is 7.57. The van der Waals surface area contributed by atoms with Gasteiger partial charge in [-0.3, -0.25) is 9.13 Å². The van der Waals surface area contributed by atoms with Crippen LogP contribution < -0.4 is 0 Å². The maximum Gasteiger partial charge on any atom is 0.286 e. The highest BCUT2D eigenvalue weighted by Crippen LogP contribution is 2.56. The van der Waals surface area contributed by atoms with Crippen LogP contribution in [0.5, 0.6) is 0 Å². The van der Waals surface area contributed by atoms with Crippen molar-refractivity contribution in [3.05, 3.63) is 0 Å². The first-order valence-corrected chi connectivity index (χ1v) is 9.80. The molecular weight excluding hydrogens is 310 g/mol. The van der Waals surface area contributed by atoms with Crippen LogP contribution in [0.25, 0.3) is 0 Å². The van der Waals surface area contributed by atoms with Gasteiger partial charge in [-0.15, -0.1) is 0 Å². The topological polar surface area (TPSA) is 53.6 Å². The summed E-state index contributed by atoms with van der Waals surface area (Å²) in [6.45, 7) is 0.321. The lowest BCUT2D eigenvalue weighted by molar-refractivity contribution is 0.274. The van der Waals surface area contributed by atoms with Gasteiger partial charge in [-0.25, -0.2) is 28.0 Å². The summed E-state index contributed by atoms with van der Waals surface area (Å²) in [6.07, 6.45) is 0. The first-order chi connectivity index (χ1) is 9.32. The molecule has 0 aromatic carbocycles. The molecule has 0 saturated carbocycles. The van der Waals surface area contributed by atoms with E-state index in [1.54, 1.807) is 98.5 Å². The lowest BCUT2D eigenvalue weighted by Gasteiger charge is -2.42. The first kappa shape index (κ1) is 21.2. The standard InChI is InChI=1S/C11H32N6O2P2/c1-12(2)20(18,13(3)4)16(9)11-17(10)21(19,14(5)6)15(7)8/h11H2,1-10H3. The van der Waals surface area contributed by atoms with Gasteiger partial charge in [0.2, 0.25) is 0 Å². The van der Waals surface area contributed by atoms with Crippen LogP contribution in [-0.2, 0) is 9.13 Å². The first-order valence-electron chi connectivity index (χ1n) is 6.67. The molecular formula is C11H32N6O2P2. The summed E-state index contributed by atoms with van der Waals surface area (Å²) in [4.78, 5) is 0. The minimum Gasteiger partial charge on any atom is -0.270 e. The van der Waals surface area contributed by atoms with Crippen molar-refractivity contribution in [2.45, 2.75) is 0 Å². The molecule has 0 N–H and O–H groups in total. The molecule has 0 heterocycles. The van der Waals surface area contributed by atoms with Gasteiger partial charge in [0.05, 0.1) is 6.67 Å². The van der Waals surface area contributed by atoms with Crippen LogP contribution in [0.3, 0.4) is 0 Å². The lowest BCUT2D eigenvalue weighted by Crippen LogP contribution is -2.41. The van der Waals surface area contributed by atoms with Gasteiger partial charge in [-0.2, -0.15) is 0 Å². The van der Waals surface area contributed by atoms with E-state index in [-0.39, 0.29) is 0 Å². The molecule has 0 unspecified atom stereocenters. The summed E-state index contributed by atoms with van der Waals surface area (Å²) in [5.41, 5.74) is 0. The molecule has 0 saturated heterocycles. The van der Waals surface area contributed by atoms with Crippen molar-refractivity contribution < 1.29 is 9.13 Å². The summed E-state index contributed by atoms with van der Waals surface area (Å²) in [5, 5.41) is 0. The third kappa shape index (κ3) is 4.15. The molecule has 21 heavy (non-hydrogen) atoms. The Morgan fingerprint density at radius 1 is 0.524 bits per heavy atom. The van der Waals surface area contributed by atoms with E-state index in [2.05, 4.69) is 0 Å². The Morgan fingerprint density at radius 2 is 0.714 bits per heavy atom. The van der Waals surface area contributed by atoms with Gasteiger partial charge in [-0.1, -0.05) is 0 Å². The van der Waals surface area contributed by atoms with Crippen molar-refractivity contribution in [1.82, 2.24) is 28.0 Å². The predicted octanol–water partition coefficient (Wildman–Crippen LogP) is 1.27. The van der Waals surface area contributed by atoms with E-state index < -0.39 is 15.2 Å². The summed E-state index contributed by atoms with van der Waals surface area (Å²) in [7, 11) is 12.2. The van der Waals surface area contributed by atoms with Gasteiger partial charge < -0.3 is 0 Å². The maximum atomic E-state index is 13.1. The molecule has 0 fully saturated rings. The fraction of sp³-hybridized carbons (Fsp3) is 1.00. The van der Waals surface area contributed by atoms with Crippen LogP contribution in [0.1, 0.15) is 0 Å². The third-order valence-electron chi connectivity index (χ3n) is 3.38. The van der Waals surface area contributed by atoms with Gasteiger partial charge >= 0.3 is 0 Å².